The predicted octanol–water partition coefficient (Wildman–Crippen LogP) is 4.29. The van der Waals surface area contributed by atoms with Crippen molar-refractivity contribution in [3.05, 3.63) is 68.6 Å². The van der Waals surface area contributed by atoms with Gasteiger partial charge in [-0.3, -0.25) is 0 Å². The summed E-state index contributed by atoms with van der Waals surface area (Å²) in [6.45, 7) is 0. The van der Waals surface area contributed by atoms with Crippen LogP contribution in [0.15, 0.2) is 57.5 Å². The van der Waals surface area contributed by atoms with E-state index in [1.165, 1.54) is 0 Å². The molecule has 0 aromatic heterocycles. The SMILES string of the molecule is O[C@H](c1ccccc1)c1cc(Br)cc(Br)c1. The Labute approximate surface area is 111 Å². The number of aliphatic hydroxyl groups excluding tert-OH is 1. The van der Waals surface area contributed by atoms with Gasteiger partial charge < -0.3 is 5.11 Å². The van der Waals surface area contributed by atoms with Gasteiger partial charge in [-0.05, 0) is 29.3 Å². The van der Waals surface area contributed by atoms with Gasteiger partial charge in [-0.2, -0.15) is 0 Å². The van der Waals surface area contributed by atoms with Gasteiger partial charge in [-0.15, -0.1) is 0 Å². The summed E-state index contributed by atoms with van der Waals surface area (Å²) in [5.41, 5.74) is 1.76. The van der Waals surface area contributed by atoms with Crippen molar-refractivity contribution in [2.45, 2.75) is 6.10 Å². The van der Waals surface area contributed by atoms with Crippen molar-refractivity contribution in [1.82, 2.24) is 0 Å². The summed E-state index contributed by atoms with van der Waals surface area (Å²) in [5, 5.41) is 10.2. The molecule has 0 aliphatic carbocycles. The maximum atomic E-state index is 10.2. The maximum absolute atomic E-state index is 10.2. The van der Waals surface area contributed by atoms with Gasteiger partial charge in [-0.1, -0.05) is 62.2 Å². The Balaban J connectivity index is 2.37. The number of aliphatic hydroxyl groups is 1. The van der Waals surface area contributed by atoms with Crippen LogP contribution in [0.5, 0.6) is 0 Å². The van der Waals surface area contributed by atoms with Gasteiger partial charge in [0.2, 0.25) is 0 Å². The van der Waals surface area contributed by atoms with Crippen molar-refractivity contribution < 1.29 is 5.11 Å². The molecule has 16 heavy (non-hydrogen) atoms. The van der Waals surface area contributed by atoms with Crippen LogP contribution in [0.4, 0.5) is 0 Å². The van der Waals surface area contributed by atoms with Gasteiger partial charge in [0.05, 0.1) is 0 Å². The molecule has 0 bridgehead atoms. The molecule has 0 spiro atoms. The van der Waals surface area contributed by atoms with E-state index in [9.17, 15) is 5.11 Å². The van der Waals surface area contributed by atoms with Crippen LogP contribution in [0, 0.1) is 0 Å². The van der Waals surface area contributed by atoms with E-state index in [0.717, 1.165) is 20.1 Å². The predicted molar refractivity (Wildman–Crippen MR) is 72.3 cm³/mol. The molecule has 1 N–H and O–H groups in total. The average molecular weight is 342 g/mol. The van der Waals surface area contributed by atoms with Crippen molar-refractivity contribution in [2.24, 2.45) is 0 Å². The third kappa shape index (κ3) is 2.73. The summed E-state index contributed by atoms with van der Waals surface area (Å²) >= 11 is 6.83. The standard InChI is InChI=1S/C13H10Br2O/c14-11-6-10(7-12(15)8-11)13(16)9-4-2-1-3-5-9/h1-8,13,16H/t13-/m1/s1. The fourth-order valence-corrected chi connectivity index (χ4v) is 2.89. The zero-order valence-electron chi connectivity index (χ0n) is 8.40. The van der Waals surface area contributed by atoms with Gasteiger partial charge in [-0.25, -0.2) is 0 Å². The van der Waals surface area contributed by atoms with Crippen molar-refractivity contribution >= 4 is 31.9 Å². The molecule has 1 nitrogen and oxygen atoms in total. The fourth-order valence-electron chi connectivity index (χ4n) is 1.56. The zero-order valence-corrected chi connectivity index (χ0v) is 11.6. The minimum Gasteiger partial charge on any atom is -0.384 e. The summed E-state index contributed by atoms with van der Waals surface area (Å²) < 4.78 is 1.90. The summed E-state index contributed by atoms with van der Waals surface area (Å²) in [6.07, 6.45) is -0.588. The van der Waals surface area contributed by atoms with Crippen molar-refractivity contribution in [3.63, 3.8) is 0 Å². The molecular formula is C13H10Br2O. The molecule has 0 radical (unpaired) electrons. The molecule has 1 atom stereocenters. The van der Waals surface area contributed by atoms with Crippen LogP contribution >= 0.6 is 31.9 Å². The van der Waals surface area contributed by atoms with Crippen LogP contribution in [0.25, 0.3) is 0 Å². The minimum absolute atomic E-state index is 0.588. The first-order valence-corrected chi connectivity index (χ1v) is 6.44. The second-order valence-electron chi connectivity index (χ2n) is 3.52. The average Bonchev–Trinajstić information content (AvgIpc) is 2.28. The van der Waals surface area contributed by atoms with Crippen LogP contribution in [-0.4, -0.2) is 5.11 Å². The lowest BCUT2D eigenvalue weighted by atomic mass is 10.0. The van der Waals surface area contributed by atoms with E-state index in [1.807, 2.05) is 48.5 Å². The Hall–Kier alpha value is -0.640. The van der Waals surface area contributed by atoms with Crippen molar-refractivity contribution in [2.75, 3.05) is 0 Å². The largest absolute Gasteiger partial charge is 0.384 e. The molecule has 0 fully saturated rings. The molecule has 0 amide bonds. The highest BCUT2D eigenvalue weighted by Gasteiger charge is 2.10. The summed E-state index contributed by atoms with van der Waals surface area (Å²) in [7, 11) is 0. The van der Waals surface area contributed by atoms with Crippen LogP contribution < -0.4 is 0 Å². The Morgan fingerprint density at radius 2 is 1.38 bits per heavy atom. The van der Waals surface area contributed by atoms with E-state index in [4.69, 9.17) is 0 Å². The number of rotatable bonds is 2. The molecule has 0 saturated heterocycles. The monoisotopic (exact) mass is 340 g/mol. The van der Waals surface area contributed by atoms with E-state index in [2.05, 4.69) is 31.9 Å². The zero-order chi connectivity index (χ0) is 11.5. The highest BCUT2D eigenvalue weighted by molar-refractivity contribution is 9.11. The Bertz CT molecular complexity index is 462. The van der Waals surface area contributed by atoms with E-state index >= 15 is 0 Å². The molecule has 82 valence electrons. The van der Waals surface area contributed by atoms with Gasteiger partial charge in [0.1, 0.15) is 6.10 Å². The molecule has 2 aromatic rings. The van der Waals surface area contributed by atoms with Crippen LogP contribution in [0.1, 0.15) is 17.2 Å². The number of hydrogen-bond acceptors (Lipinski definition) is 1. The fraction of sp³-hybridized carbons (Fsp3) is 0.0769. The second-order valence-corrected chi connectivity index (χ2v) is 5.35. The number of hydrogen-bond donors (Lipinski definition) is 1. The van der Waals surface area contributed by atoms with Gasteiger partial charge in [0.25, 0.3) is 0 Å². The quantitative estimate of drug-likeness (QED) is 0.863. The Morgan fingerprint density at radius 3 is 1.94 bits per heavy atom. The highest BCUT2D eigenvalue weighted by atomic mass is 79.9. The molecule has 3 heteroatoms. The second kappa shape index (κ2) is 5.13. The lowest BCUT2D eigenvalue weighted by molar-refractivity contribution is 0.220. The molecule has 0 aliphatic rings. The summed E-state index contributed by atoms with van der Waals surface area (Å²) in [4.78, 5) is 0. The molecular weight excluding hydrogens is 332 g/mol. The maximum Gasteiger partial charge on any atom is 0.104 e. The van der Waals surface area contributed by atoms with Gasteiger partial charge >= 0.3 is 0 Å². The topological polar surface area (TPSA) is 20.2 Å². The van der Waals surface area contributed by atoms with Crippen molar-refractivity contribution in [1.29, 1.82) is 0 Å². The van der Waals surface area contributed by atoms with Crippen LogP contribution in [0.3, 0.4) is 0 Å². The summed E-state index contributed by atoms with van der Waals surface area (Å²) in [6, 6.07) is 15.4. The number of benzene rings is 2. The van der Waals surface area contributed by atoms with Crippen LogP contribution in [-0.2, 0) is 0 Å². The first kappa shape index (κ1) is 11.8. The molecule has 0 heterocycles. The molecule has 0 aliphatic heterocycles. The van der Waals surface area contributed by atoms with Gasteiger partial charge in [0, 0.05) is 8.95 Å². The molecule has 2 aromatic carbocycles. The molecule has 0 saturated carbocycles. The third-order valence-corrected chi connectivity index (χ3v) is 3.23. The summed E-state index contributed by atoms with van der Waals surface area (Å²) in [5.74, 6) is 0. The first-order valence-electron chi connectivity index (χ1n) is 4.86. The van der Waals surface area contributed by atoms with Crippen LogP contribution in [0.2, 0.25) is 0 Å². The number of halogens is 2. The first-order chi connectivity index (χ1) is 7.66. The molecule has 2 rings (SSSR count). The Kier molecular flexibility index (Phi) is 3.79. The van der Waals surface area contributed by atoms with E-state index in [1.54, 1.807) is 0 Å². The minimum atomic E-state index is -0.588. The van der Waals surface area contributed by atoms with E-state index in [0.29, 0.717) is 0 Å². The van der Waals surface area contributed by atoms with E-state index < -0.39 is 6.10 Å². The lowest BCUT2D eigenvalue weighted by Gasteiger charge is -2.12. The third-order valence-electron chi connectivity index (χ3n) is 2.32. The Morgan fingerprint density at radius 1 is 0.812 bits per heavy atom. The normalized spacial score (nSPS) is 12.4. The molecule has 0 unspecified atom stereocenters. The van der Waals surface area contributed by atoms with Gasteiger partial charge in [0.15, 0.2) is 0 Å². The lowest BCUT2D eigenvalue weighted by Crippen LogP contribution is -1.99. The van der Waals surface area contributed by atoms with E-state index in [-0.39, 0.29) is 0 Å². The highest BCUT2D eigenvalue weighted by Crippen LogP contribution is 2.27. The van der Waals surface area contributed by atoms with Crippen molar-refractivity contribution in [3.8, 4) is 0 Å². The smallest absolute Gasteiger partial charge is 0.104 e.